The zero-order chi connectivity index (χ0) is 29.7. The Balaban J connectivity index is 1.47. The van der Waals surface area contributed by atoms with Gasteiger partial charge < -0.3 is 19.2 Å². The number of hydrogen-bond donors (Lipinski definition) is 2. The molecule has 1 saturated carbocycles. The molecule has 2 aromatic carbocycles. The highest BCUT2D eigenvalue weighted by molar-refractivity contribution is 7.98. The number of thioether (sulfide) groups is 1. The Morgan fingerprint density at radius 1 is 1.07 bits per heavy atom. The Labute approximate surface area is 251 Å². The number of carbonyl (C=O) groups excluding carboxylic acids is 2. The van der Waals surface area contributed by atoms with Crippen molar-refractivity contribution in [3.8, 4) is 16.9 Å². The van der Waals surface area contributed by atoms with Crippen LogP contribution in [0, 0.1) is 0 Å². The maximum absolute atomic E-state index is 13.2. The van der Waals surface area contributed by atoms with Crippen LogP contribution in [0.3, 0.4) is 0 Å². The Morgan fingerprint density at radius 3 is 2.55 bits per heavy atom. The summed E-state index contributed by atoms with van der Waals surface area (Å²) in [6.07, 6.45) is 9.60. The van der Waals surface area contributed by atoms with Crippen LogP contribution in [-0.4, -0.2) is 41.3 Å². The molecule has 1 atom stereocenters. The average Bonchev–Trinajstić information content (AvgIpc) is 2.96. The number of alkyl carbamates (subject to hydrolysis) is 1. The van der Waals surface area contributed by atoms with Gasteiger partial charge in [0.25, 0.3) is 5.91 Å². The number of carbonyl (C=O) groups is 2. The van der Waals surface area contributed by atoms with E-state index in [1.54, 1.807) is 32.5 Å². The smallest absolute Gasteiger partial charge is 0.408 e. The Bertz CT molecular complexity index is 1490. The second-order valence-corrected chi connectivity index (χ2v) is 13.2. The van der Waals surface area contributed by atoms with Crippen LogP contribution in [0.4, 0.5) is 4.79 Å². The molecule has 1 fully saturated rings. The highest BCUT2D eigenvalue weighted by atomic mass is 32.2. The number of benzene rings is 2. The van der Waals surface area contributed by atoms with E-state index in [2.05, 4.69) is 21.9 Å². The molecule has 0 radical (unpaired) electrons. The van der Waals surface area contributed by atoms with Gasteiger partial charge in [0.15, 0.2) is 0 Å². The minimum atomic E-state index is -0.808. The lowest BCUT2D eigenvalue weighted by Gasteiger charge is -2.41. The van der Waals surface area contributed by atoms with Crippen LogP contribution >= 0.6 is 11.8 Å². The van der Waals surface area contributed by atoms with E-state index in [0.29, 0.717) is 17.8 Å². The van der Waals surface area contributed by atoms with E-state index in [4.69, 9.17) is 13.9 Å². The van der Waals surface area contributed by atoms with Crippen molar-refractivity contribution in [1.29, 1.82) is 0 Å². The summed E-state index contributed by atoms with van der Waals surface area (Å²) in [7, 11) is 0. The molecule has 2 heterocycles. The van der Waals surface area contributed by atoms with E-state index >= 15 is 0 Å². The van der Waals surface area contributed by atoms with Gasteiger partial charge >= 0.3 is 6.09 Å². The van der Waals surface area contributed by atoms with Gasteiger partial charge in [-0.2, -0.15) is 11.8 Å². The van der Waals surface area contributed by atoms with Crippen molar-refractivity contribution in [3.63, 3.8) is 0 Å². The van der Waals surface area contributed by atoms with Crippen LogP contribution in [0.2, 0.25) is 0 Å². The van der Waals surface area contributed by atoms with Crippen molar-refractivity contribution in [2.45, 2.75) is 89.4 Å². The zero-order valence-electron chi connectivity index (χ0n) is 25.0. The molecule has 1 aliphatic carbocycles. The van der Waals surface area contributed by atoms with Gasteiger partial charge in [-0.05, 0) is 100 Å². The van der Waals surface area contributed by atoms with Crippen LogP contribution in [0.15, 0.2) is 58.0 Å². The van der Waals surface area contributed by atoms with Gasteiger partial charge in [0.2, 0.25) is 5.55 Å². The molecule has 42 heavy (non-hydrogen) atoms. The minimum absolute atomic E-state index is 0.0793. The molecule has 0 unspecified atom stereocenters. The lowest BCUT2D eigenvalue weighted by Crippen LogP contribution is -2.47. The average molecular weight is 592 g/mol. The standard InChI is InChI=1S/C33H41N3O5S/c1-32(2,3)41-31(38)34-26(14-18-42-4)30(37)36-35-29-20-24(22-11-7-5-8-12-22)25-19-23-13-17-33(15-9-6-10-16-33)40-27(23)21-28(25)39-29/h5,7-8,11-12,19-21,26H,6,9-10,13-18H2,1-4H3,(H,34,38)(H,36,37)/t26-/m0/s1. The molecule has 0 bridgehead atoms. The molecule has 2 amide bonds. The zero-order valence-corrected chi connectivity index (χ0v) is 25.8. The van der Waals surface area contributed by atoms with Gasteiger partial charge in [-0.1, -0.05) is 36.8 Å². The molecule has 2 N–H and O–H groups in total. The summed E-state index contributed by atoms with van der Waals surface area (Å²) in [5, 5.41) is 7.99. The lowest BCUT2D eigenvalue weighted by atomic mass is 9.79. The van der Waals surface area contributed by atoms with Crippen molar-refractivity contribution in [2.24, 2.45) is 5.10 Å². The van der Waals surface area contributed by atoms with Crippen molar-refractivity contribution in [3.05, 3.63) is 59.6 Å². The van der Waals surface area contributed by atoms with Gasteiger partial charge in [0.05, 0.1) is 0 Å². The van der Waals surface area contributed by atoms with Crippen molar-refractivity contribution in [2.75, 3.05) is 12.0 Å². The van der Waals surface area contributed by atoms with E-state index in [1.807, 2.05) is 48.7 Å². The minimum Gasteiger partial charge on any atom is -0.487 e. The van der Waals surface area contributed by atoms with Crippen LogP contribution in [0.25, 0.3) is 22.1 Å². The monoisotopic (exact) mass is 591 g/mol. The maximum atomic E-state index is 13.2. The van der Waals surface area contributed by atoms with Gasteiger partial charge in [-0.3, -0.25) is 4.79 Å². The number of rotatable bonds is 7. The van der Waals surface area contributed by atoms with E-state index in [-0.39, 0.29) is 11.2 Å². The van der Waals surface area contributed by atoms with Crippen molar-refractivity contribution >= 4 is 34.7 Å². The molecular formula is C33H41N3O5S. The fourth-order valence-corrected chi connectivity index (χ4v) is 6.26. The first-order chi connectivity index (χ1) is 20.1. The fraction of sp³-hybridized carbons (Fsp3) is 0.485. The molecule has 3 aromatic rings. The summed E-state index contributed by atoms with van der Waals surface area (Å²) < 4.78 is 18.3. The van der Waals surface area contributed by atoms with Crippen LogP contribution in [0.1, 0.15) is 71.3 Å². The summed E-state index contributed by atoms with van der Waals surface area (Å²) in [5.41, 5.74) is 5.91. The van der Waals surface area contributed by atoms with E-state index in [1.165, 1.54) is 24.8 Å². The fourth-order valence-electron chi connectivity index (χ4n) is 5.78. The lowest BCUT2D eigenvalue weighted by molar-refractivity contribution is -0.123. The van der Waals surface area contributed by atoms with Crippen LogP contribution in [-0.2, 0) is 16.0 Å². The predicted octanol–water partition coefficient (Wildman–Crippen LogP) is 6.71. The first kappa shape index (κ1) is 30.0. The number of hydrogen-bond acceptors (Lipinski definition) is 7. The molecule has 2 aliphatic rings. The van der Waals surface area contributed by atoms with Gasteiger partial charge in [-0.25, -0.2) is 10.2 Å². The predicted molar refractivity (Wildman–Crippen MR) is 166 cm³/mol. The third kappa shape index (κ3) is 7.30. The molecule has 1 aliphatic heterocycles. The van der Waals surface area contributed by atoms with Gasteiger partial charge in [-0.15, -0.1) is 5.10 Å². The normalized spacial score (nSPS) is 17.3. The van der Waals surface area contributed by atoms with Crippen molar-refractivity contribution < 1.29 is 23.5 Å². The number of ether oxygens (including phenoxy) is 2. The summed E-state index contributed by atoms with van der Waals surface area (Å²) in [6, 6.07) is 15.3. The third-order valence-corrected chi connectivity index (χ3v) is 8.50. The molecule has 224 valence electrons. The quantitative estimate of drug-likeness (QED) is 0.296. The van der Waals surface area contributed by atoms with Crippen LogP contribution in [0.5, 0.6) is 5.75 Å². The highest BCUT2D eigenvalue weighted by Crippen LogP contribution is 2.43. The molecule has 1 aromatic heterocycles. The Kier molecular flexibility index (Phi) is 9.16. The Morgan fingerprint density at radius 2 is 1.83 bits per heavy atom. The second-order valence-electron chi connectivity index (χ2n) is 12.2. The summed E-state index contributed by atoms with van der Waals surface area (Å²) in [4.78, 5) is 25.6. The molecule has 5 rings (SSSR count). The molecular weight excluding hydrogens is 550 g/mol. The molecule has 9 heteroatoms. The highest BCUT2D eigenvalue weighted by Gasteiger charge is 2.37. The maximum Gasteiger partial charge on any atom is 0.408 e. The summed E-state index contributed by atoms with van der Waals surface area (Å²) in [6.45, 7) is 5.34. The second kappa shape index (κ2) is 12.8. The Hall–Kier alpha value is -3.46. The number of nitrogens with one attached hydrogen (secondary N) is 2. The first-order valence-corrected chi connectivity index (χ1v) is 16.2. The number of nitrogens with zero attached hydrogens (tertiary/aromatic N) is 1. The summed E-state index contributed by atoms with van der Waals surface area (Å²) >= 11 is 1.59. The van der Waals surface area contributed by atoms with E-state index < -0.39 is 23.6 Å². The van der Waals surface area contributed by atoms with E-state index in [0.717, 1.165) is 47.9 Å². The molecule has 8 nitrogen and oxygen atoms in total. The van der Waals surface area contributed by atoms with Crippen LogP contribution < -0.4 is 21.0 Å². The largest absolute Gasteiger partial charge is 0.487 e. The van der Waals surface area contributed by atoms with Gasteiger partial charge in [0.1, 0.15) is 28.6 Å². The molecule has 0 saturated heterocycles. The van der Waals surface area contributed by atoms with E-state index in [9.17, 15) is 9.59 Å². The molecule has 1 spiro atoms. The third-order valence-electron chi connectivity index (χ3n) is 7.86. The van der Waals surface area contributed by atoms with Crippen molar-refractivity contribution in [1.82, 2.24) is 10.7 Å². The SMILES string of the molecule is CSCC[C@H](NC(=O)OC(C)(C)C)C(=O)NN=c1cc(-c2ccccc2)c2cc3c(cc2o1)OC1(CCCCC1)CC3. The summed E-state index contributed by atoms with van der Waals surface area (Å²) in [5.74, 6) is 1.11. The number of amides is 2. The first-order valence-electron chi connectivity index (χ1n) is 14.8. The van der Waals surface area contributed by atoms with Gasteiger partial charge in [0, 0.05) is 17.5 Å². The number of aryl methyl sites for hydroxylation is 1. The number of fused-ring (bicyclic) bond motifs is 2. The topological polar surface area (TPSA) is 102 Å².